The molecule has 5 nitrogen and oxygen atoms in total. The number of thiophene rings is 2. The summed E-state index contributed by atoms with van der Waals surface area (Å²) in [5.74, 6) is -0.192. The maximum absolute atomic E-state index is 13.0. The molecular formula is C19H20N2O3S3. The number of amides is 1. The first-order valence-electron chi connectivity index (χ1n) is 8.33. The second kappa shape index (κ2) is 8.35. The van der Waals surface area contributed by atoms with Gasteiger partial charge in [0.2, 0.25) is 10.0 Å². The number of aryl methyl sites for hydroxylation is 1. The van der Waals surface area contributed by atoms with E-state index in [1.54, 1.807) is 21.6 Å². The number of sulfonamides is 1. The molecule has 0 aliphatic carbocycles. The number of carbonyl (C=O) groups excluding carboxylic acids is 1. The first-order valence-corrected chi connectivity index (χ1v) is 11.6. The van der Waals surface area contributed by atoms with Crippen LogP contribution in [-0.4, -0.2) is 25.8 Å². The minimum atomic E-state index is -3.80. The van der Waals surface area contributed by atoms with Gasteiger partial charge in [-0.15, -0.1) is 22.7 Å². The quantitative estimate of drug-likeness (QED) is 0.633. The molecule has 0 saturated heterocycles. The van der Waals surface area contributed by atoms with Crippen molar-refractivity contribution in [3.05, 3.63) is 74.8 Å². The molecule has 1 aromatic carbocycles. The molecule has 2 heterocycles. The summed E-state index contributed by atoms with van der Waals surface area (Å²) in [5.41, 5.74) is 1.50. The lowest BCUT2D eigenvalue weighted by Crippen LogP contribution is -2.32. The van der Waals surface area contributed by atoms with Crippen LogP contribution in [0.2, 0.25) is 0 Å². The summed E-state index contributed by atoms with van der Waals surface area (Å²) in [6, 6.07) is 15.4. The van der Waals surface area contributed by atoms with Crippen LogP contribution in [0, 0.1) is 6.92 Å². The predicted molar refractivity (Wildman–Crippen MR) is 110 cm³/mol. The largest absolute Gasteiger partial charge is 0.333 e. The molecule has 3 aromatic rings. The van der Waals surface area contributed by atoms with Crippen molar-refractivity contribution >= 4 is 38.6 Å². The van der Waals surface area contributed by atoms with Crippen LogP contribution in [0.1, 0.15) is 25.7 Å². The summed E-state index contributed by atoms with van der Waals surface area (Å²) in [6.45, 7) is 3.06. The summed E-state index contributed by atoms with van der Waals surface area (Å²) in [6.07, 6.45) is 0.725. The average Bonchev–Trinajstić information content (AvgIpc) is 3.28. The third-order valence-electron chi connectivity index (χ3n) is 4.05. The molecule has 27 heavy (non-hydrogen) atoms. The molecule has 0 spiro atoms. The first kappa shape index (κ1) is 19.8. The van der Waals surface area contributed by atoms with Crippen molar-refractivity contribution in [3.63, 3.8) is 0 Å². The minimum absolute atomic E-state index is 0.000766. The fourth-order valence-electron chi connectivity index (χ4n) is 2.68. The number of hydrogen-bond acceptors (Lipinski definition) is 5. The van der Waals surface area contributed by atoms with Gasteiger partial charge in [0.25, 0.3) is 5.91 Å². The Bertz CT molecular complexity index is 1020. The van der Waals surface area contributed by atoms with Crippen molar-refractivity contribution in [2.24, 2.45) is 5.14 Å². The van der Waals surface area contributed by atoms with Crippen LogP contribution in [-0.2, 0) is 23.0 Å². The molecule has 8 heteroatoms. The van der Waals surface area contributed by atoms with Gasteiger partial charge in [0.15, 0.2) is 0 Å². The molecule has 0 aliphatic rings. The zero-order valence-corrected chi connectivity index (χ0v) is 17.2. The molecule has 0 aliphatic heterocycles. The molecule has 2 N–H and O–H groups in total. The Balaban J connectivity index is 1.81. The molecule has 0 radical (unpaired) electrons. The monoisotopic (exact) mass is 420 g/mol. The van der Waals surface area contributed by atoms with E-state index in [0.717, 1.165) is 28.2 Å². The minimum Gasteiger partial charge on any atom is -0.333 e. The topological polar surface area (TPSA) is 80.5 Å². The highest BCUT2D eigenvalue weighted by atomic mass is 32.2. The Morgan fingerprint density at radius 1 is 1.15 bits per heavy atom. The third kappa shape index (κ3) is 5.26. The molecule has 3 rings (SSSR count). The maximum atomic E-state index is 13.0. The smallest absolute Gasteiger partial charge is 0.255 e. The van der Waals surface area contributed by atoms with Crippen molar-refractivity contribution < 1.29 is 13.2 Å². The zero-order chi connectivity index (χ0) is 19.4. The fourth-order valence-corrected chi connectivity index (χ4v) is 5.17. The first-order chi connectivity index (χ1) is 12.8. The summed E-state index contributed by atoms with van der Waals surface area (Å²) in [4.78, 5) is 17.1. The van der Waals surface area contributed by atoms with Crippen molar-refractivity contribution in [2.75, 3.05) is 6.54 Å². The van der Waals surface area contributed by atoms with E-state index < -0.39 is 10.0 Å². The number of carbonyl (C=O) groups is 1. The predicted octanol–water partition coefficient (Wildman–Crippen LogP) is 3.65. The SMILES string of the molecule is Cc1ccc(CN(CCc2ccccc2)C(=O)c2csc(S(N)(=O)=O)c2)s1. The molecular weight excluding hydrogens is 400 g/mol. The number of hydrogen-bond donors (Lipinski definition) is 1. The average molecular weight is 421 g/mol. The summed E-state index contributed by atoms with van der Waals surface area (Å²) >= 11 is 2.62. The zero-order valence-electron chi connectivity index (χ0n) is 14.8. The Labute approximate surface area is 167 Å². The molecule has 0 atom stereocenters. The van der Waals surface area contributed by atoms with Gasteiger partial charge in [-0.3, -0.25) is 4.79 Å². The van der Waals surface area contributed by atoms with Crippen LogP contribution in [0.5, 0.6) is 0 Å². The lowest BCUT2D eigenvalue weighted by Gasteiger charge is -2.22. The van der Waals surface area contributed by atoms with Crippen molar-refractivity contribution in [3.8, 4) is 0 Å². The van der Waals surface area contributed by atoms with Gasteiger partial charge in [-0.1, -0.05) is 30.3 Å². The van der Waals surface area contributed by atoms with E-state index in [1.165, 1.54) is 10.9 Å². The number of nitrogens with two attached hydrogens (primary N) is 1. The van der Waals surface area contributed by atoms with Crippen molar-refractivity contribution in [1.82, 2.24) is 4.90 Å². The fraction of sp³-hybridized carbons (Fsp3) is 0.211. The molecule has 0 saturated carbocycles. The Kier molecular flexibility index (Phi) is 6.11. The summed E-state index contributed by atoms with van der Waals surface area (Å²) in [7, 11) is -3.80. The normalized spacial score (nSPS) is 11.5. The molecule has 1 amide bonds. The van der Waals surface area contributed by atoms with E-state index in [0.29, 0.717) is 18.7 Å². The molecule has 0 fully saturated rings. The van der Waals surface area contributed by atoms with Gasteiger partial charge in [0.05, 0.1) is 12.1 Å². The van der Waals surface area contributed by atoms with Crippen LogP contribution in [0.15, 0.2) is 58.1 Å². The molecule has 0 unspecified atom stereocenters. The number of benzene rings is 1. The Morgan fingerprint density at radius 2 is 1.89 bits per heavy atom. The van der Waals surface area contributed by atoms with Gasteiger partial charge < -0.3 is 4.90 Å². The molecule has 2 aromatic heterocycles. The Morgan fingerprint density at radius 3 is 2.48 bits per heavy atom. The van der Waals surface area contributed by atoms with Crippen LogP contribution in [0.25, 0.3) is 0 Å². The van der Waals surface area contributed by atoms with Crippen molar-refractivity contribution in [2.45, 2.75) is 24.1 Å². The van der Waals surface area contributed by atoms with Gasteiger partial charge >= 0.3 is 0 Å². The van der Waals surface area contributed by atoms with E-state index in [1.807, 2.05) is 49.4 Å². The number of nitrogens with zero attached hydrogens (tertiary/aromatic N) is 1. The van der Waals surface area contributed by atoms with E-state index in [2.05, 4.69) is 0 Å². The maximum Gasteiger partial charge on any atom is 0.255 e. The van der Waals surface area contributed by atoms with Gasteiger partial charge in [0.1, 0.15) is 4.21 Å². The highest BCUT2D eigenvalue weighted by molar-refractivity contribution is 7.91. The van der Waals surface area contributed by atoms with Crippen LogP contribution < -0.4 is 5.14 Å². The van der Waals surface area contributed by atoms with Crippen LogP contribution >= 0.6 is 22.7 Å². The Hall–Kier alpha value is -2.00. The lowest BCUT2D eigenvalue weighted by atomic mass is 10.1. The summed E-state index contributed by atoms with van der Waals surface area (Å²) < 4.78 is 23.0. The highest BCUT2D eigenvalue weighted by Gasteiger charge is 2.21. The standard InChI is InChI=1S/C19H20N2O3S3/c1-14-7-8-17(26-14)12-21(10-9-15-5-3-2-4-6-15)19(22)16-11-18(25-13-16)27(20,23)24/h2-8,11,13H,9-10,12H2,1H3,(H2,20,23,24). The van der Waals surface area contributed by atoms with E-state index in [9.17, 15) is 13.2 Å². The highest BCUT2D eigenvalue weighted by Crippen LogP contribution is 2.23. The van der Waals surface area contributed by atoms with E-state index >= 15 is 0 Å². The molecule has 142 valence electrons. The van der Waals surface area contributed by atoms with Crippen molar-refractivity contribution in [1.29, 1.82) is 0 Å². The molecule has 0 bridgehead atoms. The van der Waals surface area contributed by atoms with Gasteiger partial charge in [0, 0.05) is 21.7 Å². The van der Waals surface area contributed by atoms with E-state index in [-0.39, 0.29) is 10.1 Å². The second-order valence-electron chi connectivity index (χ2n) is 6.17. The summed E-state index contributed by atoms with van der Waals surface area (Å²) in [5, 5.41) is 6.72. The third-order valence-corrected chi connectivity index (χ3v) is 7.42. The van der Waals surface area contributed by atoms with E-state index in [4.69, 9.17) is 5.14 Å². The number of rotatable bonds is 7. The number of primary sulfonamides is 1. The van der Waals surface area contributed by atoms with Crippen LogP contribution in [0.4, 0.5) is 0 Å². The van der Waals surface area contributed by atoms with Gasteiger partial charge in [-0.25, -0.2) is 13.6 Å². The lowest BCUT2D eigenvalue weighted by molar-refractivity contribution is 0.0747. The van der Waals surface area contributed by atoms with Gasteiger partial charge in [-0.2, -0.15) is 0 Å². The van der Waals surface area contributed by atoms with Crippen LogP contribution in [0.3, 0.4) is 0 Å². The van der Waals surface area contributed by atoms with Gasteiger partial charge in [-0.05, 0) is 37.1 Å². The second-order valence-corrected chi connectivity index (χ2v) is 10.2.